The number of nitrogens with one attached hydrogen (secondary N) is 1. The predicted molar refractivity (Wildman–Crippen MR) is 84.1 cm³/mol. The van der Waals surface area contributed by atoms with Crippen molar-refractivity contribution in [1.29, 1.82) is 0 Å². The highest BCUT2D eigenvalue weighted by molar-refractivity contribution is 7.16. The molecule has 1 aliphatic rings. The highest BCUT2D eigenvalue weighted by Gasteiger charge is 2.24. The number of para-hydroxylation sites is 1. The van der Waals surface area contributed by atoms with E-state index in [9.17, 15) is 0 Å². The number of anilines is 1. The first-order valence-corrected chi connectivity index (χ1v) is 8.08. The van der Waals surface area contributed by atoms with Crippen LogP contribution in [0, 0.1) is 0 Å². The normalized spacial score (nSPS) is 17.4. The van der Waals surface area contributed by atoms with E-state index in [1.165, 1.54) is 11.3 Å². The summed E-state index contributed by atoms with van der Waals surface area (Å²) in [6, 6.07) is 8.53. The molecule has 6 heteroatoms. The van der Waals surface area contributed by atoms with E-state index in [0.29, 0.717) is 11.8 Å². The van der Waals surface area contributed by atoms with Crippen LogP contribution >= 0.6 is 11.3 Å². The highest BCUT2D eigenvalue weighted by atomic mass is 32.1. The van der Waals surface area contributed by atoms with E-state index in [2.05, 4.69) is 53.6 Å². The second-order valence-electron chi connectivity index (χ2n) is 5.77. The molecule has 0 aliphatic carbocycles. The summed E-state index contributed by atoms with van der Waals surface area (Å²) in [6.07, 6.45) is 0.954. The molecular formula is C15H17N5S. The van der Waals surface area contributed by atoms with E-state index in [-0.39, 0.29) is 0 Å². The Labute approximate surface area is 127 Å². The standard InChI is InChI=1S/C15H17N5S/c1-9(2)14-17-18-15-20(14)19-13(21-15)7-10-8-16-12-6-4-3-5-11(10)12/h3-6,9-10,16H,7-8H2,1-2H3. The van der Waals surface area contributed by atoms with E-state index in [0.717, 1.165) is 28.8 Å². The molecule has 4 rings (SSSR count). The summed E-state index contributed by atoms with van der Waals surface area (Å²) in [5.41, 5.74) is 2.65. The van der Waals surface area contributed by atoms with E-state index < -0.39 is 0 Å². The largest absolute Gasteiger partial charge is 0.384 e. The van der Waals surface area contributed by atoms with Crippen molar-refractivity contribution in [1.82, 2.24) is 19.8 Å². The monoisotopic (exact) mass is 299 g/mol. The van der Waals surface area contributed by atoms with Crippen LogP contribution < -0.4 is 5.32 Å². The molecule has 2 aromatic heterocycles. The van der Waals surface area contributed by atoms with Gasteiger partial charge in [0, 0.05) is 30.5 Å². The molecule has 1 unspecified atom stereocenters. The molecule has 1 atom stereocenters. The van der Waals surface area contributed by atoms with Gasteiger partial charge in [0.15, 0.2) is 5.82 Å². The minimum atomic E-state index is 0.337. The summed E-state index contributed by atoms with van der Waals surface area (Å²) >= 11 is 1.65. The lowest BCUT2D eigenvalue weighted by atomic mass is 9.98. The lowest BCUT2D eigenvalue weighted by Crippen LogP contribution is -2.06. The molecule has 108 valence electrons. The van der Waals surface area contributed by atoms with Crippen LogP contribution in [0.4, 0.5) is 5.69 Å². The lowest BCUT2D eigenvalue weighted by molar-refractivity contribution is 0.695. The van der Waals surface area contributed by atoms with Gasteiger partial charge in [0.25, 0.3) is 0 Å². The minimum absolute atomic E-state index is 0.337. The topological polar surface area (TPSA) is 55.1 Å². The molecule has 0 saturated carbocycles. The highest BCUT2D eigenvalue weighted by Crippen LogP contribution is 2.34. The fourth-order valence-electron chi connectivity index (χ4n) is 2.86. The van der Waals surface area contributed by atoms with Crippen LogP contribution in [0.2, 0.25) is 0 Å². The van der Waals surface area contributed by atoms with E-state index in [1.807, 2.05) is 4.52 Å². The number of nitrogens with zero attached hydrogens (tertiary/aromatic N) is 4. The SMILES string of the molecule is CC(C)c1nnc2sc(CC3CNc4ccccc43)nn12. The number of rotatable bonds is 3. The van der Waals surface area contributed by atoms with Gasteiger partial charge in [-0.3, -0.25) is 0 Å². The Morgan fingerprint density at radius 2 is 2.19 bits per heavy atom. The van der Waals surface area contributed by atoms with Crippen molar-refractivity contribution in [2.24, 2.45) is 0 Å². The summed E-state index contributed by atoms with van der Waals surface area (Å²) in [6.45, 7) is 5.22. The van der Waals surface area contributed by atoms with Gasteiger partial charge in [-0.2, -0.15) is 9.61 Å². The number of hydrogen-bond donors (Lipinski definition) is 1. The van der Waals surface area contributed by atoms with Crippen LogP contribution in [-0.4, -0.2) is 26.4 Å². The molecule has 0 fully saturated rings. The molecule has 1 aliphatic heterocycles. The van der Waals surface area contributed by atoms with Crippen molar-refractivity contribution in [3.63, 3.8) is 0 Å². The smallest absolute Gasteiger partial charge is 0.234 e. The summed E-state index contributed by atoms with van der Waals surface area (Å²) in [7, 11) is 0. The van der Waals surface area contributed by atoms with Gasteiger partial charge in [-0.25, -0.2) is 0 Å². The second-order valence-corrected chi connectivity index (χ2v) is 6.81. The van der Waals surface area contributed by atoms with Gasteiger partial charge in [0.1, 0.15) is 5.01 Å². The van der Waals surface area contributed by atoms with Crippen molar-refractivity contribution in [3.05, 3.63) is 40.7 Å². The lowest BCUT2D eigenvalue weighted by Gasteiger charge is -2.07. The van der Waals surface area contributed by atoms with Gasteiger partial charge in [-0.05, 0) is 11.6 Å². The quantitative estimate of drug-likeness (QED) is 0.807. The fourth-order valence-corrected chi connectivity index (χ4v) is 3.78. The summed E-state index contributed by atoms with van der Waals surface area (Å²) in [5, 5.41) is 17.8. The van der Waals surface area contributed by atoms with Crippen molar-refractivity contribution >= 4 is 22.0 Å². The number of benzene rings is 1. The molecule has 3 heterocycles. The Balaban J connectivity index is 1.64. The molecular weight excluding hydrogens is 282 g/mol. The third-order valence-corrected chi connectivity index (χ3v) is 4.85. The van der Waals surface area contributed by atoms with E-state index in [1.54, 1.807) is 11.3 Å². The predicted octanol–water partition coefficient (Wildman–Crippen LogP) is 3.06. The molecule has 5 nitrogen and oxygen atoms in total. The van der Waals surface area contributed by atoms with Crippen LogP contribution in [0.1, 0.15) is 42.1 Å². The Morgan fingerprint density at radius 1 is 1.33 bits per heavy atom. The zero-order valence-electron chi connectivity index (χ0n) is 12.1. The fraction of sp³-hybridized carbons (Fsp3) is 0.400. The van der Waals surface area contributed by atoms with Gasteiger partial charge < -0.3 is 5.32 Å². The first-order chi connectivity index (χ1) is 10.2. The Bertz CT molecular complexity index is 788. The zero-order chi connectivity index (χ0) is 14.4. The molecule has 1 N–H and O–H groups in total. The van der Waals surface area contributed by atoms with Crippen LogP contribution in [-0.2, 0) is 6.42 Å². The minimum Gasteiger partial charge on any atom is -0.384 e. The van der Waals surface area contributed by atoms with Crippen LogP contribution in [0.3, 0.4) is 0 Å². The Kier molecular flexibility index (Phi) is 2.92. The first kappa shape index (κ1) is 12.8. The summed E-state index contributed by atoms with van der Waals surface area (Å²) in [4.78, 5) is 0.896. The molecule has 1 aromatic carbocycles. The first-order valence-electron chi connectivity index (χ1n) is 7.26. The Morgan fingerprint density at radius 3 is 3.05 bits per heavy atom. The number of aromatic nitrogens is 4. The second kappa shape index (κ2) is 4.80. The van der Waals surface area contributed by atoms with E-state index in [4.69, 9.17) is 5.10 Å². The molecule has 0 spiro atoms. The molecule has 0 radical (unpaired) electrons. The van der Waals surface area contributed by atoms with Crippen LogP contribution in [0.5, 0.6) is 0 Å². The third kappa shape index (κ3) is 2.10. The molecule has 0 amide bonds. The van der Waals surface area contributed by atoms with Crippen molar-refractivity contribution in [2.75, 3.05) is 11.9 Å². The Hall–Kier alpha value is -1.95. The maximum Gasteiger partial charge on any atom is 0.234 e. The summed E-state index contributed by atoms with van der Waals surface area (Å²) < 4.78 is 1.90. The maximum absolute atomic E-state index is 4.71. The van der Waals surface area contributed by atoms with Crippen molar-refractivity contribution < 1.29 is 0 Å². The average molecular weight is 299 g/mol. The average Bonchev–Trinajstić information content (AvgIpc) is 3.13. The molecule has 3 aromatic rings. The van der Waals surface area contributed by atoms with Gasteiger partial charge >= 0.3 is 0 Å². The molecule has 21 heavy (non-hydrogen) atoms. The van der Waals surface area contributed by atoms with Crippen molar-refractivity contribution in [2.45, 2.75) is 32.1 Å². The zero-order valence-corrected chi connectivity index (χ0v) is 12.9. The number of hydrogen-bond acceptors (Lipinski definition) is 5. The van der Waals surface area contributed by atoms with Crippen LogP contribution in [0.25, 0.3) is 4.96 Å². The molecule has 0 saturated heterocycles. The van der Waals surface area contributed by atoms with Crippen molar-refractivity contribution in [3.8, 4) is 0 Å². The maximum atomic E-state index is 4.71. The van der Waals surface area contributed by atoms with Crippen LogP contribution in [0.15, 0.2) is 24.3 Å². The van der Waals surface area contributed by atoms with Gasteiger partial charge in [-0.1, -0.05) is 43.4 Å². The van der Waals surface area contributed by atoms with E-state index >= 15 is 0 Å². The summed E-state index contributed by atoms with van der Waals surface area (Å²) in [5.74, 6) is 1.77. The molecule has 0 bridgehead atoms. The van der Waals surface area contributed by atoms with Gasteiger partial charge in [0.05, 0.1) is 0 Å². The van der Waals surface area contributed by atoms with Gasteiger partial charge in [-0.15, -0.1) is 10.2 Å². The van der Waals surface area contributed by atoms with Gasteiger partial charge in [0.2, 0.25) is 4.96 Å². The third-order valence-electron chi connectivity index (χ3n) is 3.93. The number of fused-ring (bicyclic) bond motifs is 2.